The van der Waals surface area contributed by atoms with Crippen LogP contribution in [0.4, 0.5) is 0 Å². The molecule has 0 unspecified atom stereocenters. The third kappa shape index (κ3) is 1.89. The van der Waals surface area contributed by atoms with E-state index in [0.29, 0.717) is 16.7 Å². The minimum Gasteiger partial charge on any atom is -0.289 e. The lowest BCUT2D eigenvalue weighted by Crippen LogP contribution is -2.18. The molecule has 0 bridgehead atoms. The molecule has 2 aromatic carbocycles. The normalized spacial score (nSPS) is 14.5. The van der Waals surface area contributed by atoms with Gasteiger partial charge in [0.15, 0.2) is 5.78 Å². The summed E-state index contributed by atoms with van der Waals surface area (Å²) in [5, 5.41) is 0.0210. The van der Waals surface area contributed by atoms with Crippen LogP contribution in [0.2, 0.25) is 0 Å². The monoisotopic (exact) mass is 282 g/mol. The van der Waals surface area contributed by atoms with Crippen molar-refractivity contribution in [3.05, 3.63) is 70.3 Å². The van der Waals surface area contributed by atoms with Gasteiger partial charge in [0.1, 0.15) is 0 Å². The van der Waals surface area contributed by atoms with E-state index in [0.717, 1.165) is 11.1 Å². The zero-order chi connectivity index (χ0) is 14.3. The van der Waals surface area contributed by atoms with Gasteiger partial charge in [0, 0.05) is 16.7 Å². The molecule has 3 heteroatoms. The van der Waals surface area contributed by atoms with Gasteiger partial charge in [0.2, 0.25) is 5.78 Å². The number of halogens is 1. The van der Waals surface area contributed by atoms with E-state index in [1.54, 1.807) is 19.1 Å². The van der Waals surface area contributed by atoms with Crippen LogP contribution in [0.25, 0.3) is 11.1 Å². The summed E-state index contributed by atoms with van der Waals surface area (Å²) in [6.45, 7) is 1.58. The predicted molar refractivity (Wildman–Crippen MR) is 79.1 cm³/mol. The lowest BCUT2D eigenvalue weighted by molar-refractivity contribution is 0.0981. The highest BCUT2D eigenvalue weighted by atomic mass is 35.5. The summed E-state index contributed by atoms with van der Waals surface area (Å²) in [7, 11) is 0. The second-order valence-electron chi connectivity index (χ2n) is 4.72. The Kier molecular flexibility index (Phi) is 3.03. The summed E-state index contributed by atoms with van der Waals surface area (Å²) in [5.74, 6) is -0.458. The molecule has 0 atom stereocenters. The standard InChI is InChI=1S/C17H11ClO2/c1-10-15(18)17(20)14-9-12(7-8-13(14)16(10)19)11-5-3-2-4-6-11/h2-9H,1H3. The highest BCUT2D eigenvalue weighted by Crippen LogP contribution is 2.31. The van der Waals surface area contributed by atoms with Gasteiger partial charge in [0.25, 0.3) is 0 Å². The lowest BCUT2D eigenvalue weighted by Gasteiger charge is -2.16. The maximum atomic E-state index is 12.2. The number of fused-ring (bicyclic) bond motifs is 1. The Morgan fingerprint density at radius 3 is 2.20 bits per heavy atom. The van der Waals surface area contributed by atoms with E-state index in [2.05, 4.69) is 0 Å². The average molecular weight is 283 g/mol. The van der Waals surface area contributed by atoms with Gasteiger partial charge in [-0.3, -0.25) is 9.59 Å². The first-order chi connectivity index (χ1) is 9.59. The van der Waals surface area contributed by atoms with Crippen LogP contribution in [0.1, 0.15) is 27.6 Å². The van der Waals surface area contributed by atoms with Crippen LogP contribution < -0.4 is 0 Å². The molecule has 0 radical (unpaired) electrons. The van der Waals surface area contributed by atoms with Crippen LogP contribution in [0, 0.1) is 0 Å². The van der Waals surface area contributed by atoms with E-state index in [4.69, 9.17) is 11.6 Å². The molecule has 0 saturated carbocycles. The van der Waals surface area contributed by atoms with Gasteiger partial charge >= 0.3 is 0 Å². The zero-order valence-electron chi connectivity index (χ0n) is 10.8. The topological polar surface area (TPSA) is 34.1 Å². The third-order valence-corrected chi connectivity index (χ3v) is 3.94. The van der Waals surface area contributed by atoms with Gasteiger partial charge < -0.3 is 0 Å². The molecule has 1 aliphatic carbocycles. The highest BCUT2D eigenvalue weighted by molar-refractivity contribution is 6.50. The molecule has 20 heavy (non-hydrogen) atoms. The molecule has 2 aromatic rings. The zero-order valence-corrected chi connectivity index (χ0v) is 11.6. The Morgan fingerprint density at radius 1 is 0.800 bits per heavy atom. The largest absolute Gasteiger partial charge is 0.289 e. The number of Topliss-reactive ketones (excluding diaryl/α,β-unsaturated/α-hetero) is 2. The smallest absolute Gasteiger partial charge is 0.205 e. The first-order valence-corrected chi connectivity index (χ1v) is 6.62. The number of ketones is 2. The van der Waals surface area contributed by atoms with Crippen LogP contribution in [0.3, 0.4) is 0 Å². The lowest BCUT2D eigenvalue weighted by atomic mass is 9.88. The van der Waals surface area contributed by atoms with Crippen LogP contribution in [0.5, 0.6) is 0 Å². The minimum atomic E-state index is -0.281. The van der Waals surface area contributed by atoms with Crippen molar-refractivity contribution in [1.29, 1.82) is 0 Å². The van der Waals surface area contributed by atoms with E-state index < -0.39 is 0 Å². The fraction of sp³-hybridized carbons (Fsp3) is 0.0588. The van der Waals surface area contributed by atoms with Crippen molar-refractivity contribution in [2.45, 2.75) is 6.92 Å². The van der Waals surface area contributed by atoms with Crippen LogP contribution in [-0.4, -0.2) is 11.6 Å². The summed E-state index contributed by atoms with van der Waals surface area (Å²) in [6, 6.07) is 15.0. The first kappa shape index (κ1) is 12.8. The third-order valence-electron chi connectivity index (χ3n) is 3.49. The second-order valence-corrected chi connectivity index (χ2v) is 5.10. The Bertz CT molecular complexity index is 758. The number of carbonyl (C=O) groups excluding carboxylic acids is 2. The van der Waals surface area contributed by atoms with Gasteiger partial charge in [-0.25, -0.2) is 0 Å². The highest BCUT2D eigenvalue weighted by Gasteiger charge is 2.29. The quantitative estimate of drug-likeness (QED) is 0.784. The van der Waals surface area contributed by atoms with Crippen molar-refractivity contribution in [3.8, 4) is 11.1 Å². The number of benzene rings is 2. The van der Waals surface area contributed by atoms with E-state index >= 15 is 0 Å². The first-order valence-electron chi connectivity index (χ1n) is 6.25. The molecule has 98 valence electrons. The Labute approximate surface area is 121 Å². The molecule has 1 aliphatic rings. The summed E-state index contributed by atoms with van der Waals surface area (Å²) in [6.07, 6.45) is 0. The van der Waals surface area contributed by atoms with Gasteiger partial charge in [-0.1, -0.05) is 48.0 Å². The number of carbonyl (C=O) groups is 2. The maximum absolute atomic E-state index is 12.2. The molecule has 0 saturated heterocycles. The molecule has 2 nitrogen and oxygen atoms in total. The molecule has 0 N–H and O–H groups in total. The predicted octanol–water partition coefficient (Wildman–Crippen LogP) is 4.25. The summed E-state index contributed by atoms with van der Waals surface area (Å²) in [4.78, 5) is 24.3. The number of rotatable bonds is 1. The van der Waals surface area contributed by atoms with Crippen molar-refractivity contribution in [1.82, 2.24) is 0 Å². The fourth-order valence-electron chi connectivity index (χ4n) is 2.33. The summed E-state index contributed by atoms with van der Waals surface area (Å²) < 4.78 is 0. The van der Waals surface area contributed by atoms with Crippen molar-refractivity contribution in [2.75, 3.05) is 0 Å². The Balaban J connectivity index is 2.18. The van der Waals surface area contributed by atoms with Gasteiger partial charge in [-0.05, 0) is 30.2 Å². The molecule has 0 spiro atoms. The van der Waals surface area contributed by atoms with Crippen LogP contribution >= 0.6 is 11.6 Å². The molecular formula is C17H11ClO2. The maximum Gasteiger partial charge on any atom is 0.205 e. The van der Waals surface area contributed by atoms with Crippen LogP contribution in [0.15, 0.2) is 59.1 Å². The molecular weight excluding hydrogens is 272 g/mol. The molecule has 0 aliphatic heterocycles. The molecule has 0 fully saturated rings. The van der Waals surface area contributed by atoms with Crippen molar-refractivity contribution in [2.24, 2.45) is 0 Å². The number of allylic oxidation sites excluding steroid dienone is 2. The van der Waals surface area contributed by atoms with Crippen molar-refractivity contribution in [3.63, 3.8) is 0 Å². The Hall–Kier alpha value is -2.19. The fourth-order valence-corrected chi connectivity index (χ4v) is 2.52. The van der Waals surface area contributed by atoms with E-state index in [-0.39, 0.29) is 16.6 Å². The van der Waals surface area contributed by atoms with E-state index in [1.807, 2.05) is 36.4 Å². The number of hydrogen-bond donors (Lipinski definition) is 0. The molecule has 0 amide bonds. The van der Waals surface area contributed by atoms with E-state index in [9.17, 15) is 9.59 Å². The summed E-state index contributed by atoms with van der Waals surface area (Å²) >= 11 is 5.95. The van der Waals surface area contributed by atoms with Gasteiger partial charge in [-0.2, -0.15) is 0 Å². The molecule has 0 aromatic heterocycles. The molecule has 3 rings (SSSR count). The number of hydrogen-bond acceptors (Lipinski definition) is 2. The second kappa shape index (κ2) is 4.73. The summed E-state index contributed by atoms with van der Waals surface area (Å²) in [5.41, 5.74) is 3.02. The molecule has 0 heterocycles. The van der Waals surface area contributed by atoms with Gasteiger partial charge in [0.05, 0.1) is 5.03 Å². The van der Waals surface area contributed by atoms with Crippen LogP contribution in [-0.2, 0) is 0 Å². The minimum absolute atomic E-state index is 0.0210. The SMILES string of the molecule is CC1=C(Cl)C(=O)c2cc(-c3ccccc3)ccc2C1=O. The van der Waals surface area contributed by atoms with Crippen molar-refractivity contribution < 1.29 is 9.59 Å². The average Bonchev–Trinajstić information content (AvgIpc) is 2.51. The van der Waals surface area contributed by atoms with Gasteiger partial charge in [-0.15, -0.1) is 0 Å². The van der Waals surface area contributed by atoms with E-state index in [1.165, 1.54) is 0 Å². The Morgan fingerprint density at radius 2 is 1.50 bits per heavy atom. The van der Waals surface area contributed by atoms with Crippen molar-refractivity contribution >= 4 is 23.2 Å².